The molecule has 0 amide bonds. The maximum atomic E-state index is 13.3. The molecule has 0 radical (unpaired) electrons. The third kappa shape index (κ3) is 2.87. The molecule has 1 aromatic heterocycles. The first kappa shape index (κ1) is 17.3. The lowest BCUT2D eigenvalue weighted by Crippen LogP contribution is -2.38. The van der Waals surface area contributed by atoms with Gasteiger partial charge in [0.2, 0.25) is 0 Å². The highest BCUT2D eigenvalue weighted by atomic mass is 16.6. The molecule has 5 heteroatoms. The van der Waals surface area contributed by atoms with Crippen LogP contribution in [0.5, 0.6) is 11.5 Å². The molecule has 1 N–H and O–H groups in total. The second-order valence-corrected chi connectivity index (χ2v) is 7.59. The van der Waals surface area contributed by atoms with Gasteiger partial charge < -0.3 is 14.5 Å². The molecule has 1 fully saturated rings. The monoisotopic (exact) mass is 376 g/mol. The largest absolute Gasteiger partial charge is 0.486 e. The van der Waals surface area contributed by atoms with Gasteiger partial charge in [0.15, 0.2) is 17.3 Å². The van der Waals surface area contributed by atoms with E-state index in [-0.39, 0.29) is 17.9 Å². The van der Waals surface area contributed by atoms with Gasteiger partial charge in [0.1, 0.15) is 13.2 Å². The Morgan fingerprint density at radius 3 is 2.86 bits per heavy atom. The SMILES string of the molecule is C[C@H](C(=O)c1c[nH]c2ccccc12)N1CCC[C@H]1c1ccc2c(c1)OCCO2. The Hall–Kier alpha value is -2.79. The number of ketones is 1. The van der Waals surface area contributed by atoms with Gasteiger partial charge in [-0.15, -0.1) is 0 Å². The summed E-state index contributed by atoms with van der Waals surface area (Å²) in [7, 11) is 0. The lowest BCUT2D eigenvalue weighted by Gasteiger charge is -2.30. The van der Waals surface area contributed by atoms with Crippen molar-refractivity contribution in [3.8, 4) is 11.5 Å². The Balaban J connectivity index is 1.42. The van der Waals surface area contributed by atoms with Crippen LogP contribution in [0, 0.1) is 0 Å². The molecule has 0 aliphatic carbocycles. The predicted molar refractivity (Wildman–Crippen MR) is 108 cm³/mol. The van der Waals surface area contributed by atoms with E-state index >= 15 is 0 Å². The van der Waals surface area contributed by atoms with Crippen LogP contribution >= 0.6 is 0 Å². The molecule has 0 saturated carbocycles. The highest BCUT2D eigenvalue weighted by Gasteiger charge is 2.34. The number of fused-ring (bicyclic) bond motifs is 2. The van der Waals surface area contributed by atoms with Crippen LogP contribution in [0.15, 0.2) is 48.7 Å². The summed E-state index contributed by atoms with van der Waals surface area (Å²) < 4.78 is 11.4. The summed E-state index contributed by atoms with van der Waals surface area (Å²) in [6, 6.07) is 14.2. The molecule has 2 aliphatic rings. The summed E-state index contributed by atoms with van der Waals surface area (Å²) in [4.78, 5) is 18.9. The van der Waals surface area contributed by atoms with Crippen LogP contribution in [-0.2, 0) is 0 Å². The smallest absolute Gasteiger partial charge is 0.181 e. The Labute approximate surface area is 164 Å². The van der Waals surface area contributed by atoms with Crippen molar-refractivity contribution in [1.82, 2.24) is 9.88 Å². The van der Waals surface area contributed by atoms with Gasteiger partial charge in [-0.25, -0.2) is 0 Å². The van der Waals surface area contributed by atoms with E-state index in [4.69, 9.17) is 9.47 Å². The number of hydrogen-bond acceptors (Lipinski definition) is 4. The van der Waals surface area contributed by atoms with Gasteiger partial charge in [-0.2, -0.15) is 0 Å². The zero-order chi connectivity index (χ0) is 19.1. The van der Waals surface area contributed by atoms with Gasteiger partial charge in [-0.1, -0.05) is 24.3 Å². The molecule has 144 valence electrons. The molecular formula is C23H24N2O3. The third-order valence-electron chi connectivity index (χ3n) is 5.98. The number of hydrogen-bond donors (Lipinski definition) is 1. The van der Waals surface area contributed by atoms with Crippen molar-refractivity contribution in [2.75, 3.05) is 19.8 Å². The molecule has 5 rings (SSSR count). The number of para-hydroxylation sites is 1. The van der Waals surface area contributed by atoms with Crippen LogP contribution in [-0.4, -0.2) is 41.5 Å². The minimum Gasteiger partial charge on any atom is -0.486 e. The minimum atomic E-state index is -0.181. The van der Waals surface area contributed by atoms with E-state index in [2.05, 4.69) is 22.0 Å². The lowest BCUT2D eigenvalue weighted by molar-refractivity contribution is 0.0821. The zero-order valence-electron chi connectivity index (χ0n) is 16.0. The fourth-order valence-corrected chi connectivity index (χ4v) is 4.53. The quantitative estimate of drug-likeness (QED) is 0.688. The van der Waals surface area contributed by atoms with Gasteiger partial charge >= 0.3 is 0 Å². The van der Waals surface area contributed by atoms with E-state index in [1.807, 2.05) is 43.5 Å². The van der Waals surface area contributed by atoms with Crippen LogP contribution in [0.2, 0.25) is 0 Å². The Bertz CT molecular complexity index is 1030. The lowest BCUT2D eigenvalue weighted by atomic mass is 9.99. The van der Waals surface area contributed by atoms with Gasteiger partial charge in [0, 0.05) is 28.7 Å². The molecule has 2 aliphatic heterocycles. The minimum absolute atomic E-state index is 0.168. The number of aromatic nitrogens is 1. The number of likely N-dealkylation sites (tertiary alicyclic amines) is 1. The molecule has 5 nitrogen and oxygen atoms in total. The van der Waals surface area contributed by atoms with Gasteiger partial charge in [-0.3, -0.25) is 9.69 Å². The number of nitrogens with zero attached hydrogens (tertiary/aromatic N) is 1. The first-order valence-corrected chi connectivity index (χ1v) is 9.98. The second-order valence-electron chi connectivity index (χ2n) is 7.59. The van der Waals surface area contributed by atoms with Crippen molar-refractivity contribution in [2.24, 2.45) is 0 Å². The molecule has 0 spiro atoms. The van der Waals surface area contributed by atoms with Crippen LogP contribution in [0.4, 0.5) is 0 Å². The number of Topliss-reactive ketones (excluding diaryl/α,β-unsaturated/α-hetero) is 1. The number of carbonyl (C=O) groups is 1. The van der Waals surface area contributed by atoms with Crippen LogP contribution in [0.1, 0.15) is 41.7 Å². The summed E-state index contributed by atoms with van der Waals surface area (Å²) in [5.74, 6) is 1.79. The summed E-state index contributed by atoms with van der Waals surface area (Å²) >= 11 is 0. The maximum Gasteiger partial charge on any atom is 0.181 e. The molecule has 1 saturated heterocycles. The first-order chi connectivity index (χ1) is 13.7. The van der Waals surface area contributed by atoms with Crippen LogP contribution < -0.4 is 9.47 Å². The summed E-state index contributed by atoms with van der Waals surface area (Å²) in [5.41, 5.74) is 2.97. The Morgan fingerprint density at radius 2 is 1.96 bits per heavy atom. The standard InChI is InChI=1S/C23H24N2O3/c1-15(23(26)18-14-24-19-6-3-2-5-17(18)19)25-10-4-7-20(25)16-8-9-21-22(13-16)28-12-11-27-21/h2-3,5-6,8-9,13-15,20,24H,4,7,10-12H2,1H3/t15-,20+/m1/s1. The molecule has 3 aromatic rings. The molecule has 2 aromatic carbocycles. The van der Waals surface area contributed by atoms with Crippen molar-refractivity contribution >= 4 is 16.7 Å². The highest BCUT2D eigenvalue weighted by molar-refractivity contribution is 6.10. The number of benzene rings is 2. The van der Waals surface area contributed by atoms with Crippen molar-refractivity contribution in [3.63, 3.8) is 0 Å². The van der Waals surface area contributed by atoms with Crippen molar-refractivity contribution in [1.29, 1.82) is 0 Å². The summed E-state index contributed by atoms with van der Waals surface area (Å²) in [6.07, 6.45) is 3.98. The number of rotatable bonds is 4. The normalized spacial score (nSPS) is 20.4. The van der Waals surface area contributed by atoms with Gasteiger partial charge in [-0.05, 0) is 50.1 Å². The molecule has 0 bridgehead atoms. The number of carbonyl (C=O) groups excluding carboxylic acids is 1. The fourth-order valence-electron chi connectivity index (χ4n) is 4.53. The molecular weight excluding hydrogens is 352 g/mol. The fraction of sp³-hybridized carbons (Fsp3) is 0.348. The summed E-state index contributed by atoms with van der Waals surface area (Å²) in [5, 5.41) is 0.995. The van der Waals surface area contributed by atoms with Crippen LogP contribution in [0.3, 0.4) is 0 Å². The van der Waals surface area contributed by atoms with E-state index < -0.39 is 0 Å². The van der Waals surface area contributed by atoms with E-state index in [1.165, 1.54) is 5.56 Å². The highest BCUT2D eigenvalue weighted by Crippen LogP contribution is 2.39. The van der Waals surface area contributed by atoms with E-state index in [1.54, 1.807) is 0 Å². The average molecular weight is 376 g/mol. The zero-order valence-corrected chi connectivity index (χ0v) is 16.0. The molecule has 2 atom stereocenters. The predicted octanol–water partition coefficient (Wildman–Crippen LogP) is 4.35. The van der Waals surface area contributed by atoms with E-state index in [0.29, 0.717) is 13.2 Å². The van der Waals surface area contributed by atoms with Crippen LogP contribution in [0.25, 0.3) is 10.9 Å². The number of nitrogens with one attached hydrogen (secondary N) is 1. The molecule has 28 heavy (non-hydrogen) atoms. The van der Waals surface area contributed by atoms with E-state index in [9.17, 15) is 4.79 Å². The number of H-pyrrole nitrogens is 1. The maximum absolute atomic E-state index is 13.3. The Kier molecular flexibility index (Phi) is 4.32. The average Bonchev–Trinajstić information content (AvgIpc) is 3.39. The van der Waals surface area contributed by atoms with Gasteiger partial charge in [0.25, 0.3) is 0 Å². The number of aromatic amines is 1. The van der Waals surface area contributed by atoms with E-state index in [0.717, 1.165) is 47.4 Å². The second kappa shape index (κ2) is 6.99. The van der Waals surface area contributed by atoms with Crippen molar-refractivity contribution < 1.29 is 14.3 Å². The topological polar surface area (TPSA) is 54.6 Å². The Morgan fingerprint density at radius 1 is 1.14 bits per heavy atom. The molecule has 0 unspecified atom stereocenters. The first-order valence-electron chi connectivity index (χ1n) is 9.98. The van der Waals surface area contributed by atoms with Gasteiger partial charge in [0.05, 0.1) is 6.04 Å². The van der Waals surface area contributed by atoms with Crippen molar-refractivity contribution in [3.05, 3.63) is 59.8 Å². The summed E-state index contributed by atoms with van der Waals surface area (Å²) in [6.45, 7) is 4.13. The number of ether oxygens (including phenoxy) is 2. The van der Waals surface area contributed by atoms with Crippen molar-refractivity contribution in [2.45, 2.75) is 31.8 Å². The third-order valence-corrected chi connectivity index (χ3v) is 5.98. The molecule has 3 heterocycles.